The third-order valence-corrected chi connectivity index (χ3v) is 6.54. The smallest absolute Gasteiger partial charge is 0.262 e. The first kappa shape index (κ1) is 20.0. The molecule has 1 fully saturated rings. The third-order valence-electron chi connectivity index (χ3n) is 6.54. The van der Waals surface area contributed by atoms with Crippen LogP contribution in [-0.2, 0) is 30.4 Å². The molecule has 31 heavy (non-hydrogen) atoms. The largest absolute Gasteiger partial charge is 0.493 e. The van der Waals surface area contributed by atoms with Gasteiger partial charge < -0.3 is 19.2 Å². The van der Waals surface area contributed by atoms with Gasteiger partial charge >= 0.3 is 0 Å². The van der Waals surface area contributed by atoms with E-state index >= 15 is 0 Å². The van der Waals surface area contributed by atoms with Crippen molar-refractivity contribution in [3.05, 3.63) is 45.6 Å². The number of H-pyrrole nitrogens is 1. The summed E-state index contributed by atoms with van der Waals surface area (Å²) in [5, 5.41) is 4.65. The maximum Gasteiger partial charge on any atom is 0.262 e. The summed E-state index contributed by atoms with van der Waals surface area (Å²) < 4.78 is 19.0. The molecule has 0 radical (unpaired) electrons. The van der Waals surface area contributed by atoms with E-state index in [0.29, 0.717) is 30.0 Å². The van der Waals surface area contributed by atoms with E-state index in [-0.39, 0.29) is 11.2 Å². The topological polar surface area (TPSA) is 94.5 Å². The van der Waals surface area contributed by atoms with Gasteiger partial charge in [-0.25, -0.2) is 4.98 Å². The lowest BCUT2D eigenvalue weighted by Gasteiger charge is -2.45. The molecule has 1 saturated heterocycles. The summed E-state index contributed by atoms with van der Waals surface area (Å²) in [6, 6.07) is 4.17. The number of hydrogen-bond acceptors (Lipinski definition) is 7. The number of methoxy groups -OCH3 is 2. The number of piperidine rings is 1. The lowest BCUT2D eigenvalue weighted by Crippen LogP contribution is -2.46. The molecule has 2 aromatic heterocycles. The van der Waals surface area contributed by atoms with E-state index in [1.807, 2.05) is 0 Å². The first-order chi connectivity index (χ1) is 15.0. The zero-order valence-electron chi connectivity index (χ0n) is 18.1. The number of ether oxygens (including phenoxy) is 3. The molecule has 0 saturated carbocycles. The van der Waals surface area contributed by atoms with Crippen LogP contribution in [0.1, 0.15) is 29.8 Å². The lowest BCUT2D eigenvalue weighted by molar-refractivity contribution is -0.0992. The van der Waals surface area contributed by atoms with Crippen molar-refractivity contribution in [1.29, 1.82) is 0 Å². The Morgan fingerprint density at radius 1 is 1.19 bits per heavy atom. The second-order valence-corrected chi connectivity index (χ2v) is 8.25. The second-order valence-electron chi connectivity index (χ2n) is 8.25. The Bertz CT molecular complexity index is 1180. The highest BCUT2D eigenvalue weighted by Gasteiger charge is 2.41. The predicted molar refractivity (Wildman–Crippen MR) is 115 cm³/mol. The van der Waals surface area contributed by atoms with Gasteiger partial charge in [0.05, 0.1) is 39.2 Å². The van der Waals surface area contributed by atoms with Crippen LogP contribution in [-0.4, -0.2) is 58.6 Å². The molecule has 1 aromatic carbocycles. The molecule has 2 aliphatic heterocycles. The number of aryl methyl sites for hydroxylation is 1. The van der Waals surface area contributed by atoms with E-state index in [9.17, 15) is 4.79 Å². The van der Waals surface area contributed by atoms with Gasteiger partial charge in [-0.2, -0.15) is 5.10 Å². The molecule has 9 nitrogen and oxygen atoms in total. The van der Waals surface area contributed by atoms with Crippen LogP contribution < -0.4 is 15.0 Å². The SMILES string of the molecule is COc1cc2c(cc1OC)C1(CCN(Cc3nc4c(cnn4C)c(=O)[nH]3)CC1)OCC2. The molecule has 1 N–H and O–H groups in total. The minimum atomic E-state index is -0.309. The number of aromatic nitrogens is 4. The number of nitrogens with zero attached hydrogens (tertiary/aromatic N) is 4. The van der Waals surface area contributed by atoms with Gasteiger partial charge in [0.2, 0.25) is 0 Å². The molecular formula is C22H27N5O4. The minimum absolute atomic E-state index is 0.146. The number of nitrogens with one attached hydrogen (secondary N) is 1. The maximum absolute atomic E-state index is 12.3. The van der Waals surface area contributed by atoms with Gasteiger partial charge in [-0.05, 0) is 42.5 Å². The molecule has 0 unspecified atom stereocenters. The summed E-state index contributed by atoms with van der Waals surface area (Å²) in [6.45, 7) is 2.99. The normalized spacial score (nSPS) is 18.3. The number of aromatic amines is 1. The van der Waals surface area contributed by atoms with Crippen molar-refractivity contribution in [1.82, 2.24) is 24.6 Å². The number of likely N-dealkylation sites (tertiary alicyclic amines) is 1. The summed E-state index contributed by atoms with van der Waals surface area (Å²) in [5.74, 6) is 2.16. The summed E-state index contributed by atoms with van der Waals surface area (Å²) in [6.07, 6.45) is 4.16. The summed E-state index contributed by atoms with van der Waals surface area (Å²) in [4.78, 5) is 22.2. The molecule has 3 aromatic rings. The molecule has 1 spiro atoms. The average molecular weight is 425 g/mol. The lowest BCUT2D eigenvalue weighted by atomic mass is 9.79. The van der Waals surface area contributed by atoms with Gasteiger partial charge in [0.25, 0.3) is 5.56 Å². The average Bonchev–Trinajstić information content (AvgIpc) is 3.16. The molecule has 2 aliphatic rings. The fraction of sp³-hybridized carbons (Fsp3) is 0.500. The van der Waals surface area contributed by atoms with Crippen LogP contribution in [0.5, 0.6) is 11.5 Å². The summed E-state index contributed by atoms with van der Waals surface area (Å²) in [5.41, 5.74) is 2.63. The summed E-state index contributed by atoms with van der Waals surface area (Å²) >= 11 is 0. The molecule has 0 atom stereocenters. The molecule has 0 bridgehead atoms. The quantitative estimate of drug-likeness (QED) is 0.680. The van der Waals surface area contributed by atoms with Gasteiger partial charge in [0.15, 0.2) is 17.1 Å². The first-order valence-electron chi connectivity index (χ1n) is 10.6. The Hall–Kier alpha value is -2.91. The van der Waals surface area contributed by atoms with Crippen LogP contribution in [0.15, 0.2) is 23.1 Å². The van der Waals surface area contributed by atoms with E-state index < -0.39 is 0 Å². The molecule has 164 valence electrons. The van der Waals surface area contributed by atoms with Crippen molar-refractivity contribution in [2.45, 2.75) is 31.4 Å². The highest BCUT2D eigenvalue weighted by molar-refractivity contribution is 5.72. The first-order valence-corrected chi connectivity index (χ1v) is 10.6. The predicted octanol–water partition coefficient (Wildman–Crippen LogP) is 1.74. The number of rotatable bonds is 4. The number of benzene rings is 1. The number of fused-ring (bicyclic) bond motifs is 3. The van der Waals surface area contributed by atoms with E-state index in [0.717, 1.165) is 43.9 Å². The minimum Gasteiger partial charge on any atom is -0.493 e. The Balaban J connectivity index is 1.36. The fourth-order valence-electron chi connectivity index (χ4n) is 4.84. The Labute approximate surface area is 179 Å². The van der Waals surface area contributed by atoms with Gasteiger partial charge in [-0.15, -0.1) is 0 Å². The van der Waals surface area contributed by atoms with Crippen LogP contribution >= 0.6 is 0 Å². The van der Waals surface area contributed by atoms with Crippen molar-refractivity contribution in [2.24, 2.45) is 7.05 Å². The molecule has 0 amide bonds. The van der Waals surface area contributed by atoms with Crippen molar-refractivity contribution >= 4 is 11.0 Å². The third kappa shape index (κ3) is 3.37. The monoisotopic (exact) mass is 425 g/mol. The zero-order chi connectivity index (χ0) is 21.6. The van der Waals surface area contributed by atoms with Gasteiger partial charge in [0.1, 0.15) is 11.2 Å². The highest BCUT2D eigenvalue weighted by Crippen LogP contribution is 2.45. The van der Waals surface area contributed by atoms with E-state index in [2.05, 4.69) is 32.1 Å². The van der Waals surface area contributed by atoms with E-state index in [4.69, 9.17) is 14.2 Å². The van der Waals surface area contributed by atoms with Crippen LogP contribution in [0.3, 0.4) is 0 Å². The molecule has 4 heterocycles. The van der Waals surface area contributed by atoms with Crippen LogP contribution in [0, 0.1) is 0 Å². The van der Waals surface area contributed by atoms with Crippen LogP contribution in [0.25, 0.3) is 11.0 Å². The van der Waals surface area contributed by atoms with Gasteiger partial charge in [0, 0.05) is 20.1 Å². The Kier molecular flexibility index (Phi) is 4.94. The second kappa shape index (κ2) is 7.65. The van der Waals surface area contributed by atoms with Crippen LogP contribution in [0.4, 0.5) is 0 Å². The van der Waals surface area contributed by atoms with E-state index in [1.54, 1.807) is 32.1 Å². The standard InChI is InChI=1S/C22H27N5O4/c1-26-20-15(12-23-26)21(28)25-19(24-20)13-27-7-5-22(6-8-27)16-11-18(30-3)17(29-2)10-14(16)4-9-31-22/h10-12H,4-9,13H2,1-3H3,(H,24,25,28). The van der Waals surface area contributed by atoms with Crippen molar-refractivity contribution < 1.29 is 14.2 Å². The Morgan fingerprint density at radius 3 is 2.68 bits per heavy atom. The fourth-order valence-corrected chi connectivity index (χ4v) is 4.84. The van der Waals surface area contributed by atoms with Crippen LogP contribution in [0.2, 0.25) is 0 Å². The number of hydrogen-bond donors (Lipinski definition) is 1. The van der Waals surface area contributed by atoms with E-state index in [1.165, 1.54) is 11.1 Å². The highest BCUT2D eigenvalue weighted by atomic mass is 16.5. The van der Waals surface area contributed by atoms with Crippen molar-refractivity contribution in [2.75, 3.05) is 33.9 Å². The Morgan fingerprint density at radius 2 is 1.94 bits per heavy atom. The van der Waals surface area contributed by atoms with Crippen molar-refractivity contribution in [3.8, 4) is 11.5 Å². The van der Waals surface area contributed by atoms with Gasteiger partial charge in [-0.3, -0.25) is 14.4 Å². The molecule has 9 heteroatoms. The maximum atomic E-state index is 12.3. The molecular weight excluding hydrogens is 398 g/mol. The molecule has 0 aliphatic carbocycles. The summed E-state index contributed by atoms with van der Waals surface area (Å²) in [7, 11) is 5.12. The van der Waals surface area contributed by atoms with Crippen molar-refractivity contribution in [3.63, 3.8) is 0 Å². The molecule has 5 rings (SSSR count). The zero-order valence-corrected chi connectivity index (χ0v) is 18.1. The van der Waals surface area contributed by atoms with Gasteiger partial charge in [-0.1, -0.05) is 0 Å².